The van der Waals surface area contributed by atoms with Gasteiger partial charge in [-0.1, -0.05) is 43.3 Å². The van der Waals surface area contributed by atoms with E-state index in [4.69, 9.17) is 4.74 Å². The van der Waals surface area contributed by atoms with Crippen LogP contribution < -0.4 is 4.74 Å². The van der Waals surface area contributed by atoms with Crippen molar-refractivity contribution in [1.82, 2.24) is 0 Å². The fourth-order valence-corrected chi connectivity index (χ4v) is 2.81. The molecular formula is C21H26O3. The molecule has 2 rings (SSSR count). The summed E-state index contributed by atoms with van der Waals surface area (Å²) in [5.74, 6) is 1.08. The monoisotopic (exact) mass is 326 g/mol. The van der Waals surface area contributed by atoms with E-state index in [0.29, 0.717) is 18.0 Å². The third-order valence-corrected chi connectivity index (χ3v) is 4.40. The number of phenolic OH excluding ortho intramolecular Hbond substituents is 1. The van der Waals surface area contributed by atoms with Crippen LogP contribution in [0.3, 0.4) is 0 Å². The van der Waals surface area contributed by atoms with Gasteiger partial charge in [0.2, 0.25) is 0 Å². The number of carbonyl (C=O) groups excluding carboxylic acids is 1. The second-order valence-corrected chi connectivity index (χ2v) is 6.25. The molecule has 0 bridgehead atoms. The van der Waals surface area contributed by atoms with Crippen molar-refractivity contribution in [2.75, 3.05) is 7.11 Å². The molecule has 0 aromatic heterocycles. The van der Waals surface area contributed by atoms with Gasteiger partial charge in [-0.15, -0.1) is 0 Å². The fourth-order valence-electron chi connectivity index (χ4n) is 2.81. The van der Waals surface area contributed by atoms with E-state index < -0.39 is 0 Å². The summed E-state index contributed by atoms with van der Waals surface area (Å²) >= 11 is 0. The second kappa shape index (κ2) is 9.11. The molecule has 2 aromatic carbocycles. The molecule has 0 saturated carbocycles. The lowest BCUT2D eigenvalue weighted by Crippen LogP contribution is -2.12. The maximum absolute atomic E-state index is 12.3. The van der Waals surface area contributed by atoms with E-state index in [1.165, 1.54) is 5.56 Å². The Labute approximate surface area is 144 Å². The van der Waals surface area contributed by atoms with Crippen LogP contribution in [-0.4, -0.2) is 18.0 Å². The number of ketones is 1. The lowest BCUT2D eigenvalue weighted by atomic mass is 9.94. The highest BCUT2D eigenvalue weighted by Crippen LogP contribution is 2.27. The minimum absolute atomic E-state index is 0.0905. The summed E-state index contributed by atoms with van der Waals surface area (Å²) in [5, 5.41) is 9.60. The number of ether oxygens (including phenoxy) is 1. The molecule has 0 heterocycles. The number of benzene rings is 2. The summed E-state index contributed by atoms with van der Waals surface area (Å²) in [4.78, 5) is 12.3. The Morgan fingerprint density at radius 1 is 1.08 bits per heavy atom. The predicted octanol–water partition coefficient (Wildman–Crippen LogP) is 4.56. The zero-order valence-corrected chi connectivity index (χ0v) is 14.5. The molecule has 0 aliphatic carbocycles. The van der Waals surface area contributed by atoms with Crippen LogP contribution in [0.1, 0.15) is 37.3 Å². The Kier molecular flexibility index (Phi) is 6.86. The Bertz CT molecular complexity index is 649. The van der Waals surface area contributed by atoms with Crippen molar-refractivity contribution in [3.05, 3.63) is 59.7 Å². The lowest BCUT2D eigenvalue weighted by molar-refractivity contribution is -0.122. The van der Waals surface area contributed by atoms with Crippen molar-refractivity contribution >= 4 is 5.78 Å². The Morgan fingerprint density at radius 3 is 2.54 bits per heavy atom. The Morgan fingerprint density at radius 2 is 1.83 bits per heavy atom. The van der Waals surface area contributed by atoms with E-state index in [-0.39, 0.29) is 11.7 Å². The van der Waals surface area contributed by atoms with E-state index in [0.717, 1.165) is 31.2 Å². The molecule has 3 nitrogen and oxygen atoms in total. The molecule has 3 heteroatoms. The summed E-state index contributed by atoms with van der Waals surface area (Å²) in [5.41, 5.74) is 2.34. The van der Waals surface area contributed by atoms with Crippen LogP contribution in [0.5, 0.6) is 11.5 Å². The third kappa shape index (κ3) is 5.41. The number of Topliss-reactive ketones (excluding diaryl/α,β-unsaturated/α-hetero) is 1. The van der Waals surface area contributed by atoms with Crippen molar-refractivity contribution in [2.24, 2.45) is 5.92 Å². The summed E-state index contributed by atoms with van der Waals surface area (Å²) < 4.78 is 5.12. The molecule has 0 radical (unpaired) electrons. The molecule has 0 fully saturated rings. The normalized spacial score (nSPS) is 11.9. The Hall–Kier alpha value is -2.29. The van der Waals surface area contributed by atoms with E-state index in [1.807, 2.05) is 37.3 Å². The SMILES string of the molecule is COc1cc(CCCC(C)C(=O)CCc2ccccc2)ccc1O. The highest BCUT2D eigenvalue weighted by molar-refractivity contribution is 5.80. The molecule has 0 saturated heterocycles. The highest BCUT2D eigenvalue weighted by Gasteiger charge is 2.13. The molecule has 1 unspecified atom stereocenters. The first-order chi connectivity index (χ1) is 11.6. The fraction of sp³-hybridized carbons (Fsp3) is 0.381. The molecule has 128 valence electrons. The molecule has 1 N–H and O–H groups in total. The zero-order chi connectivity index (χ0) is 17.4. The summed E-state index contributed by atoms with van der Waals surface area (Å²) in [7, 11) is 1.55. The quantitative estimate of drug-likeness (QED) is 0.734. The number of aromatic hydroxyl groups is 1. The molecule has 2 aromatic rings. The smallest absolute Gasteiger partial charge is 0.160 e. The molecular weight excluding hydrogens is 300 g/mol. The first-order valence-electron chi connectivity index (χ1n) is 8.52. The minimum atomic E-state index is 0.0905. The molecule has 0 amide bonds. The van der Waals surface area contributed by atoms with Crippen LogP contribution >= 0.6 is 0 Å². The van der Waals surface area contributed by atoms with Gasteiger partial charge in [-0.25, -0.2) is 0 Å². The van der Waals surface area contributed by atoms with Crippen LogP contribution in [0.2, 0.25) is 0 Å². The van der Waals surface area contributed by atoms with Gasteiger partial charge in [0.05, 0.1) is 7.11 Å². The van der Waals surface area contributed by atoms with E-state index >= 15 is 0 Å². The first kappa shape index (κ1) is 18.1. The highest BCUT2D eigenvalue weighted by atomic mass is 16.5. The number of carbonyl (C=O) groups is 1. The van der Waals surface area contributed by atoms with Crippen molar-refractivity contribution in [3.8, 4) is 11.5 Å². The average Bonchev–Trinajstić information content (AvgIpc) is 2.61. The summed E-state index contributed by atoms with van der Waals surface area (Å²) in [6.07, 6.45) is 4.15. The topological polar surface area (TPSA) is 46.5 Å². The van der Waals surface area contributed by atoms with Gasteiger partial charge in [0.15, 0.2) is 11.5 Å². The molecule has 1 atom stereocenters. The molecule has 24 heavy (non-hydrogen) atoms. The number of hydrogen-bond donors (Lipinski definition) is 1. The standard InChI is InChI=1S/C21H26O3/c1-16(19(22)13-11-17-8-4-3-5-9-17)7-6-10-18-12-14-20(23)21(15-18)24-2/h3-5,8-9,12,14-16,23H,6-7,10-11,13H2,1-2H3. The van der Waals surface area contributed by atoms with Gasteiger partial charge in [0.25, 0.3) is 0 Å². The zero-order valence-electron chi connectivity index (χ0n) is 14.5. The van der Waals surface area contributed by atoms with Gasteiger partial charge in [-0.05, 0) is 48.9 Å². The van der Waals surface area contributed by atoms with Crippen molar-refractivity contribution in [2.45, 2.75) is 39.0 Å². The number of rotatable bonds is 9. The molecule has 0 aliphatic rings. The lowest BCUT2D eigenvalue weighted by Gasteiger charge is -2.11. The van der Waals surface area contributed by atoms with Gasteiger partial charge in [0, 0.05) is 12.3 Å². The number of aryl methyl sites for hydroxylation is 2. The Balaban J connectivity index is 1.74. The molecule has 0 spiro atoms. The van der Waals surface area contributed by atoms with Gasteiger partial charge in [-0.3, -0.25) is 4.79 Å². The summed E-state index contributed by atoms with van der Waals surface area (Å²) in [6, 6.07) is 15.6. The first-order valence-corrected chi connectivity index (χ1v) is 8.52. The molecule has 0 aliphatic heterocycles. The van der Waals surface area contributed by atoms with Crippen LogP contribution in [-0.2, 0) is 17.6 Å². The number of hydrogen-bond acceptors (Lipinski definition) is 3. The van der Waals surface area contributed by atoms with Gasteiger partial charge in [-0.2, -0.15) is 0 Å². The van der Waals surface area contributed by atoms with Gasteiger partial charge < -0.3 is 9.84 Å². The second-order valence-electron chi connectivity index (χ2n) is 6.25. The van der Waals surface area contributed by atoms with Gasteiger partial charge in [0.1, 0.15) is 5.78 Å². The van der Waals surface area contributed by atoms with Crippen LogP contribution in [0.4, 0.5) is 0 Å². The minimum Gasteiger partial charge on any atom is -0.504 e. The average molecular weight is 326 g/mol. The predicted molar refractivity (Wildman–Crippen MR) is 96.5 cm³/mol. The van der Waals surface area contributed by atoms with E-state index in [2.05, 4.69) is 12.1 Å². The maximum atomic E-state index is 12.3. The van der Waals surface area contributed by atoms with Gasteiger partial charge >= 0.3 is 0 Å². The summed E-state index contributed by atoms with van der Waals surface area (Å²) in [6.45, 7) is 2.02. The van der Waals surface area contributed by atoms with Crippen LogP contribution in [0.15, 0.2) is 48.5 Å². The van der Waals surface area contributed by atoms with Crippen LogP contribution in [0, 0.1) is 5.92 Å². The van der Waals surface area contributed by atoms with Crippen molar-refractivity contribution in [1.29, 1.82) is 0 Å². The third-order valence-electron chi connectivity index (χ3n) is 4.40. The van der Waals surface area contributed by atoms with Crippen molar-refractivity contribution < 1.29 is 14.6 Å². The van der Waals surface area contributed by atoms with E-state index in [9.17, 15) is 9.90 Å². The number of phenols is 1. The largest absolute Gasteiger partial charge is 0.504 e. The number of methoxy groups -OCH3 is 1. The van der Waals surface area contributed by atoms with Crippen molar-refractivity contribution in [3.63, 3.8) is 0 Å². The van der Waals surface area contributed by atoms with Crippen LogP contribution in [0.25, 0.3) is 0 Å². The maximum Gasteiger partial charge on any atom is 0.160 e. The van der Waals surface area contributed by atoms with E-state index in [1.54, 1.807) is 13.2 Å².